The summed E-state index contributed by atoms with van der Waals surface area (Å²) in [7, 11) is -2.88. The van der Waals surface area contributed by atoms with Crippen LogP contribution in [0.1, 0.15) is 36.2 Å². The second kappa shape index (κ2) is 6.89. The van der Waals surface area contributed by atoms with Gasteiger partial charge in [-0.25, -0.2) is 8.42 Å². The number of aryl methyl sites for hydroxylation is 1. The van der Waals surface area contributed by atoms with E-state index in [-0.39, 0.29) is 11.8 Å². The number of rotatable bonds is 7. The second-order valence-electron chi connectivity index (χ2n) is 4.48. The fourth-order valence-corrected chi connectivity index (χ4v) is 3.93. The predicted molar refractivity (Wildman–Crippen MR) is 79.4 cm³/mol. The van der Waals surface area contributed by atoms with Crippen molar-refractivity contribution >= 4 is 32.8 Å². The molecule has 0 saturated carbocycles. The van der Waals surface area contributed by atoms with E-state index >= 15 is 0 Å². The fraction of sp³-hybridized carbons (Fsp3) is 0.667. The van der Waals surface area contributed by atoms with Crippen LogP contribution in [0.3, 0.4) is 0 Å². The lowest BCUT2D eigenvalue weighted by Crippen LogP contribution is -2.21. The van der Waals surface area contributed by atoms with Gasteiger partial charge < -0.3 is 5.32 Å². The molecule has 1 N–H and O–H groups in total. The van der Waals surface area contributed by atoms with Crippen LogP contribution < -0.4 is 5.32 Å². The van der Waals surface area contributed by atoms with E-state index in [4.69, 9.17) is 11.6 Å². The fourth-order valence-electron chi connectivity index (χ4n) is 1.81. The van der Waals surface area contributed by atoms with Gasteiger partial charge in [0.05, 0.1) is 5.02 Å². The molecule has 104 valence electrons. The first-order valence-corrected chi connectivity index (χ1v) is 9.31. The van der Waals surface area contributed by atoms with Crippen LogP contribution in [0.25, 0.3) is 0 Å². The molecule has 1 rings (SSSR count). The van der Waals surface area contributed by atoms with Gasteiger partial charge in [-0.1, -0.05) is 18.5 Å². The normalized spacial score (nSPS) is 13.8. The van der Waals surface area contributed by atoms with Gasteiger partial charge in [0.1, 0.15) is 9.84 Å². The molecule has 0 aliphatic carbocycles. The lowest BCUT2D eigenvalue weighted by Gasteiger charge is -2.17. The van der Waals surface area contributed by atoms with E-state index in [9.17, 15) is 8.42 Å². The number of halogens is 1. The topological polar surface area (TPSA) is 46.2 Å². The van der Waals surface area contributed by atoms with Crippen molar-refractivity contribution < 1.29 is 8.42 Å². The van der Waals surface area contributed by atoms with Gasteiger partial charge in [-0.3, -0.25) is 0 Å². The molecule has 3 nitrogen and oxygen atoms in total. The lowest BCUT2D eigenvalue weighted by atomic mass is 10.1. The van der Waals surface area contributed by atoms with Gasteiger partial charge in [-0.15, -0.1) is 11.3 Å². The Kier molecular flexibility index (Phi) is 6.11. The SMILES string of the molecule is CCNC(CCCS(C)(=O)=O)c1scc(C)c1Cl. The number of nitrogens with one attached hydrogen (secondary N) is 1. The van der Waals surface area contributed by atoms with Crippen molar-refractivity contribution in [2.45, 2.75) is 32.7 Å². The Labute approximate surface area is 118 Å². The molecule has 0 saturated heterocycles. The van der Waals surface area contributed by atoms with Gasteiger partial charge in [0.15, 0.2) is 0 Å². The molecule has 0 aliphatic heterocycles. The van der Waals surface area contributed by atoms with Gasteiger partial charge in [0.2, 0.25) is 0 Å². The molecule has 1 aromatic rings. The standard InChI is InChI=1S/C12H20ClNO2S2/c1-4-14-10(6-5-7-18(3,15)16)12-11(13)9(2)8-17-12/h8,10,14H,4-7H2,1-3H3. The summed E-state index contributed by atoms with van der Waals surface area (Å²) in [4.78, 5) is 1.12. The van der Waals surface area contributed by atoms with Crippen LogP contribution in [0.4, 0.5) is 0 Å². The lowest BCUT2D eigenvalue weighted by molar-refractivity contribution is 0.514. The maximum Gasteiger partial charge on any atom is 0.147 e. The smallest absolute Gasteiger partial charge is 0.147 e. The quantitative estimate of drug-likeness (QED) is 0.841. The molecule has 1 aromatic heterocycles. The minimum Gasteiger partial charge on any atom is -0.309 e. The summed E-state index contributed by atoms with van der Waals surface area (Å²) in [6.45, 7) is 4.87. The van der Waals surface area contributed by atoms with E-state index in [0.717, 1.165) is 28.4 Å². The average Bonchev–Trinajstić information content (AvgIpc) is 2.57. The maximum absolute atomic E-state index is 11.1. The maximum atomic E-state index is 11.1. The summed E-state index contributed by atoms with van der Waals surface area (Å²) in [6, 6.07) is 0.156. The van der Waals surface area contributed by atoms with Crippen LogP contribution in [0, 0.1) is 6.92 Å². The Morgan fingerprint density at radius 1 is 1.50 bits per heavy atom. The van der Waals surface area contributed by atoms with Crippen molar-refractivity contribution in [3.63, 3.8) is 0 Å². The third-order valence-electron chi connectivity index (χ3n) is 2.70. The summed E-state index contributed by atoms with van der Waals surface area (Å²) in [5, 5.41) is 6.22. The number of hydrogen-bond acceptors (Lipinski definition) is 4. The summed E-state index contributed by atoms with van der Waals surface area (Å²) in [6.07, 6.45) is 2.72. The largest absolute Gasteiger partial charge is 0.309 e. The van der Waals surface area contributed by atoms with Crippen LogP contribution in [0.15, 0.2) is 5.38 Å². The van der Waals surface area contributed by atoms with Crippen molar-refractivity contribution in [1.29, 1.82) is 0 Å². The molecule has 1 atom stereocenters. The molecule has 18 heavy (non-hydrogen) atoms. The average molecular weight is 310 g/mol. The first-order valence-electron chi connectivity index (χ1n) is 5.99. The first kappa shape index (κ1) is 16.0. The van der Waals surface area contributed by atoms with Crippen molar-refractivity contribution in [3.05, 3.63) is 20.8 Å². The van der Waals surface area contributed by atoms with Crippen LogP contribution in [0.2, 0.25) is 5.02 Å². The third kappa shape index (κ3) is 4.88. The molecule has 6 heteroatoms. The van der Waals surface area contributed by atoms with E-state index < -0.39 is 9.84 Å². The van der Waals surface area contributed by atoms with E-state index in [2.05, 4.69) is 5.32 Å². The van der Waals surface area contributed by atoms with Crippen LogP contribution in [-0.2, 0) is 9.84 Å². The summed E-state index contributed by atoms with van der Waals surface area (Å²) in [5.41, 5.74) is 1.09. The predicted octanol–water partition coefficient (Wildman–Crippen LogP) is 3.19. The van der Waals surface area contributed by atoms with Gasteiger partial charge in [0.25, 0.3) is 0 Å². The molecule has 0 amide bonds. The number of hydrogen-bond donors (Lipinski definition) is 1. The molecule has 0 radical (unpaired) electrons. The van der Waals surface area contributed by atoms with Crippen molar-refractivity contribution in [2.24, 2.45) is 0 Å². The highest BCUT2D eigenvalue weighted by atomic mass is 35.5. The second-order valence-corrected chi connectivity index (χ2v) is 8.03. The highest BCUT2D eigenvalue weighted by molar-refractivity contribution is 7.90. The molecular weight excluding hydrogens is 290 g/mol. The molecule has 0 aromatic carbocycles. The number of thiophene rings is 1. The summed E-state index contributed by atoms with van der Waals surface area (Å²) < 4.78 is 22.3. The van der Waals surface area contributed by atoms with Gasteiger partial charge in [-0.05, 0) is 37.3 Å². The van der Waals surface area contributed by atoms with Crippen molar-refractivity contribution in [1.82, 2.24) is 5.32 Å². The summed E-state index contributed by atoms with van der Waals surface area (Å²) >= 11 is 7.90. The van der Waals surface area contributed by atoms with Crippen LogP contribution >= 0.6 is 22.9 Å². The zero-order valence-electron chi connectivity index (χ0n) is 11.0. The molecule has 0 fully saturated rings. The zero-order chi connectivity index (χ0) is 13.8. The Balaban J connectivity index is 2.68. The minimum atomic E-state index is -2.88. The highest BCUT2D eigenvalue weighted by Gasteiger charge is 2.17. The Bertz CT molecular complexity index is 482. The molecule has 1 heterocycles. The van der Waals surface area contributed by atoms with E-state index in [1.807, 2.05) is 19.2 Å². The molecule has 0 spiro atoms. The Morgan fingerprint density at radius 2 is 2.17 bits per heavy atom. The van der Waals surface area contributed by atoms with E-state index in [0.29, 0.717) is 6.42 Å². The third-order valence-corrected chi connectivity index (χ3v) is 5.56. The Hall–Kier alpha value is -0.100. The monoisotopic (exact) mass is 309 g/mol. The minimum absolute atomic E-state index is 0.156. The van der Waals surface area contributed by atoms with Crippen molar-refractivity contribution in [3.8, 4) is 0 Å². The Morgan fingerprint density at radius 3 is 2.61 bits per heavy atom. The zero-order valence-corrected chi connectivity index (χ0v) is 13.4. The van der Waals surface area contributed by atoms with Gasteiger partial charge >= 0.3 is 0 Å². The summed E-state index contributed by atoms with van der Waals surface area (Å²) in [5.74, 6) is 0.233. The molecule has 0 bridgehead atoms. The van der Waals surface area contributed by atoms with Crippen LogP contribution in [0.5, 0.6) is 0 Å². The van der Waals surface area contributed by atoms with E-state index in [1.165, 1.54) is 6.26 Å². The van der Waals surface area contributed by atoms with Crippen molar-refractivity contribution in [2.75, 3.05) is 18.6 Å². The van der Waals surface area contributed by atoms with Crippen LogP contribution in [-0.4, -0.2) is 27.0 Å². The highest BCUT2D eigenvalue weighted by Crippen LogP contribution is 2.34. The van der Waals surface area contributed by atoms with Gasteiger partial charge in [-0.2, -0.15) is 0 Å². The molecule has 1 unspecified atom stereocenters. The first-order chi connectivity index (χ1) is 8.35. The molecular formula is C12H20ClNO2S2. The number of sulfone groups is 1. The molecule has 0 aliphatic rings. The van der Waals surface area contributed by atoms with Gasteiger partial charge in [0, 0.05) is 22.9 Å². The van der Waals surface area contributed by atoms with E-state index in [1.54, 1.807) is 11.3 Å².